The highest BCUT2D eigenvalue weighted by Gasteiger charge is 2.51. The minimum Gasteiger partial charge on any atom is -0.384 e. The van der Waals surface area contributed by atoms with Crippen molar-refractivity contribution in [1.29, 1.82) is 0 Å². The van der Waals surface area contributed by atoms with Gasteiger partial charge in [0.1, 0.15) is 11.7 Å². The van der Waals surface area contributed by atoms with Crippen LogP contribution in [0.3, 0.4) is 0 Å². The van der Waals surface area contributed by atoms with E-state index in [1.54, 1.807) is 0 Å². The number of aliphatic hydroxyl groups is 1. The van der Waals surface area contributed by atoms with E-state index in [-0.39, 0.29) is 41.5 Å². The van der Waals surface area contributed by atoms with Crippen molar-refractivity contribution in [2.24, 2.45) is 29.6 Å². The summed E-state index contributed by atoms with van der Waals surface area (Å²) in [6.07, 6.45) is 2.69. The molecule has 6 atom stereocenters. The fraction of sp³-hybridized carbons (Fsp3) is 0.621. The predicted molar refractivity (Wildman–Crippen MR) is 135 cm³/mol. The number of amides is 1. The third-order valence-corrected chi connectivity index (χ3v) is 8.66. The van der Waals surface area contributed by atoms with E-state index in [2.05, 4.69) is 25.7 Å². The number of piperidine rings is 1. The van der Waals surface area contributed by atoms with Gasteiger partial charge in [-0.3, -0.25) is 9.69 Å². The third-order valence-electron chi connectivity index (χ3n) is 8.66. The highest BCUT2D eigenvalue weighted by molar-refractivity contribution is 5.80. The number of rotatable bonds is 3. The molecule has 192 valence electrons. The van der Waals surface area contributed by atoms with Gasteiger partial charge in [-0.1, -0.05) is 43.7 Å². The van der Waals surface area contributed by atoms with E-state index in [4.69, 9.17) is 0 Å². The molecule has 1 aromatic rings. The SMILES string of the molecule is Cc1ccc([C@@]2(O)[C@H](C)CN(C(=O)[C@@H]3CN(C(C)(C)C)C[C@H]3C3CC=C(F)C=C3F)C[C@@H]2C)cc1. The lowest BCUT2D eigenvalue weighted by atomic mass is 9.70. The zero-order chi connectivity index (χ0) is 25.7. The fourth-order valence-electron chi connectivity index (χ4n) is 6.38. The van der Waals surface area contributed by atoms with Gasteiger partial charge in [-0.25, -0.2) is 8.78 Å². The highest BCUT2D eigenvalue weighted by atomic mass is 19.1. The van der Waals surface area contributed by atoms with Crippen LogP contribution in [-0.4, -0.2) is 52.5 Å². The first-order valence-corrected chi connectivity index (χ1v) is 12.9. The Kier molecular flexibility index (Phi) is 7.02. The topological polar surface area (TPSA) is 43.8 Å². The number of benzene rings is 1. The van der Waals surface area contributed by atoms with Crippen LogP contribution in [0.5, 0.6) is 0 Å². The van der Waals surface area contributed by atoms with E-state index in [1.807, 2.05) is 49.9 Å². The number of carbonyl (C=O) groups excluding carboxylic acids is 1. The van der Waals surface area contributed by atoms with E-state index in [0.29, 0.717) is 26.2 Å². The molecule has 35 heavy (non-hydrogen) atoms. The molecule has 0 bridgehead atoms. The van der Waals surface area contributed by atoms with Gasteiger partial charge in [0.2, 0.25) is 5.91 Å². The van der Waals surface area contributed by atoms with Gasteiger partial charge in [0, 0.05) is 55.5 Å². The molecule has 1 aromatic carbocycles. The lowest BCUT2D eigenvalue weighted by molar-refractivity contribution is -0.153. The molecule has 4 nitrogen and oxygen atoms in total. The zero-order valence-electron chi connectivity index (χ0n) is 21.9. The second-order valence-electron chi connectivity index (χ2n) is 12.0. The molecule has 3 aliphatic rings. The number of aryl methyl sites for hydroxylation is 1. The number of halogens is 2. The summed E-state index contributed by atoms with van der Waals surface area (Å²) in [4.78, 5) is 18.1. The summed E-state index contributed by atoms with van der Waals surface area (Å²) in [5, 5.41) is 11.8. The second-order valence-corrected chi connectivity index (χ2v) is 12.0. The molecular formula is C29H40F2N2O2. The summed E-state index contributed by atoms with van der Waals surface area (Å²) in [5.41, 5.74) is 0.852. The normalized spacial score (nSPS) is 34.5. The average molecular weight is 487 g/mol. The molecule has 0 aromatic heterocycles. The van der Waals surface area contributed by atoms with Crippen molar-refractivity contribution in [3.8, 4) is 0 Å². The van der Waals surface area contributed by atoms with E-state index in [1.165, 1.54) is 6.08 Å². The van der Waals surface area contributed by atoms with Crippen LogP contribution in [0.25, 0.3) is 0 Å². The monoisotopic (exact) mass is 486 g/mol. The van der Waals surface area contributed by atoms with Gasteiger partial charge in [-0.2, -0.15) is 0 Å². The van der Waals surface area contributed by atoms with Gasteiger partial charge in [0.15, 0.2) is 0 Å². The average Bonchev–Trinajstić information content (AvgIpc) is 3.23. The summed E-state index contributed by atoms with van der Waals surface area (Å²) >= 11 is 0. The number of carbonyl (C=O) groups is 1. The summed E-state index contributed by atoms with van der Waals surface area (Å²) in [6, 6.07) is 7.99. The molecule has 1 N–H and O–H groups in total. The molecule has 4 rings (SSSR count). The van der Waals surface area contributed by atoms with Gasteiger partial charge in [0.25, 0.3) is 0 Å². The van der Waals surface area contributed by atoms with Crippen LogP contribution in [0.2, 0.25) is 0 Å². The van der Waals surface area contributed by atoms with Crippen LogP contribution in [-0.2, 0) is 10.4 Å². The van der Waals surface area contributed by atoms with Crippen LogP contribution in [0, 0.1) is 36.5 Å². The Morgan fingerprint density at radius 1 is 1.03 bits per heavy atom. The van der Waals surface area contributed by atoms with Crippen molar-refractivity contribution in [3.63, 3.8) is 0 Å². The van der Waals surface area contributed by atoms with Crippen LogP contribution in [0.4, 0.5) is 8.78 Å². The first kappa shape index (κ1) is 26.0. The summed E-state index contributed by atoms with van der Waals surface area (Å²) in [6.45, 7) is 14.4. The van der Waals surface area contributed by atoms with Crippen LogP contribution < -0.4 is 0 Å². The van der Waals surface area contributed by atoms with Gasteiger partial charge < -0.3 is 10.0 Å². The molecule has 1 aliphatic carbocycles. The fourth-order valence-corrected chi connectivity index (χ4v) is 6.38. The number of hydrogen-bond acceptors (Lipinski definition) is 3. The Morgan fingerprint density at radius 2 is 1.63 bits per heavy atom. The van der Waals surface area contributed by atoms with E-state index >= 15 is 0 Å². The maximum atomic E-state index is 14.9. The number of likely N-dealkylation sites (tertiary alicyclic amines) is 2. The number of nitrogens with zero attached hydrogens (tertiary/aromatic N) is 2. The molecule has 1 amide bonds. The summed E-state index contributed by atoms with van der Waals surface area (Å²) < 4.78 is 28.6. The predicted octanol–water partition coefficient (Wildman–Crippen LogP) is 5.37. The van der Waals surface area contributed by atoms with Gasteiger partial charge >= 0.3 is 0 Å². The van der Waals surface area contributed by atoms with Crippen molar-refractivity contribution >= 4 is 5.91 Å². The maximum Gasteiger partial charge on any atom is 0.227 e. The molecule has 1 unspecified atom stereocenters. The summed E-state index contributed by atoms with van der Waals surface area (Å²) in [5.74, 6) is -2.35. The Hall–Kier alpha value is -2.05. The van der Waals surface area contributed by atoms with Gasteiger partial charge in [-0.15, -0.1) is 0 Å². The van der Waals surface area contributed by atoms with Crippen molar-refractivity contribution in [1.82, 2.24) is 9.80 Å². The first-order valence-electron chi connectivity index (χ1n) is 12.9. The molecule has 6 heteroatoms. The molecule has 2 fully saturated rings. The van der Waals surface area contributed by atoms with Crippen LogP contribution >= 0.6 is 0 Å². The highest BCUT2D eigenvalue weighted by Crippen LogP contribution is 2.45. The minimum absolute atomic E-state index is 0.0224. The van der Waals surface area contributed by atoms with E-state index in [9.17, 15) is 18.7 Å². The van der Waals surface area contributed by atoms with E-state index < -0.39 is 23.2 Å². The lowest BCUT2D eigenvalue weighted by Crippen LogP contribution is -2.57. The largest absolute Gasteiger partial charge is 0.384 e. The molecule has 0 radical (unpaired) electrons. The van der Waals surface area contributed by atoms with Crippen molar-refractivity contribution < 1.29 is 18.7 Å². The Bertz CT molecular complexity index is 999. The Balaban J connectivity index is 1.57. The minimum atomic E-state index is -1.02. The van der Waals surface area contributed by atoms with Crippen LogP contribution in [0.15, 0.2) is 48.1 Å². The number of hydrogen-bond donors (Lipinski definition) is 1. The molecule has 2 aliphatic heterocycles. The van der Waals surface area contributed by atoms with E-state index in [0.717, 1.165) is 17.2 Å². The summed E-state index contributed by atoms with van der Waals surface area (Å²) in [7, 11) is 0. The van der Waals surface area contributed by atoms with Crippen molar-refractivity contribution in [3.05, 3.63) is 59.2 Å². The number of allylic oxidation sites excluding steroid dienone is 4. The zero-order valence-corrected chi connectivity index (χ0v) is 21.9. The van der Waals surface area contributed by atoms with Gasteiger partial charge in [-0.05, 0) is 51.7 Å². The van der Waals surface area contributed by atoms with Crippen molar-refractivity contribution in [2.45, 2.75) is 59.1 Å². The Morgan fingerprint density at radius 3 is 2.17 bits per heavy atom. The first-order chi connectivity index (χ1) is 16.3. The second kappa shape index (κ2) is 9.44. The third kappa shape index (κ3) is 4.84. The van der Waals surface area contributed by atoms with Gasteiger partial charge in [0.05, 0.1) is 11.5 Å². The maximum absolute atomic E-state index is 14.9. The standard InChI is InChI=1S/C29H40F2N2O2/c1-18-7-9-21(10-8-18)29(35)19(2)14-32(15-20(29)3)27(34)25-17-33(28(4,5)6)16-24(25)23-12-11-22(30)13-26(23)31/h7-11,13,19-20,23-25,35H,12,14-17H2,1-6H3/t19-,20+,23?,24-,25+,29-/m0/s1. The molecular weight excluding hydrogens is 446 g/mol. The lowest BCUT2D eigenvalue weighted by Gasteiger charge is -2.49. The molecule has 0 spiro atoms. The molecule has 0 saturated carbocycles. The quantitative estimate of drug-likeness (QED) is 0.625. The van der Waals surface area contributed by atoms with Crippen LogP contribution in [0.1, 0.15) is 52.2 Å². The molecule has 2 heterocycles. The molecule has 2 saturated heterocycles. The smallest absolute Gasteiger partial charge is 0.227 e. The van der Waals surface area contributed by atoms with Crippen molar-refractivity contribution in [2.75, 3.05) is 26.2 Å². The Labute approximate surface area is 208 Å².